The molecule has 20 heavy (non-hydrogen) atoms. The first kappa shape index (κ1) is 14.5. The average Bonchev–Trinajstić information content (AvgIpc) is 3.26. The Balaban J connectivity index is 1.78. The Kier molecular flexibility index (Phi) is 5.09. The van der Waals surface area contributed by atoms with Crippen molar-refractivity contribution in [3.05, 3.63) is 24.3 Å². The fourth-order valence-electron chi connectivity index (χ4n) is 1.67. The molecular formula is C14H19N3O3. The quantitative estimate of drug-likeness (QED) is 0.647. The molecule has 1 aliphatic carbocycles. The number of nitrogens with one attached hydrogen (secondary N) is 2. The Bertz CT molecular complexity index is 469. The largest absolute Gasteiger partial charge is 0.370 e. The van der Waals surface area contributed by atoms with Gasteiger partial charge in [0.05, 0.1) is 6.61 Å². The van der Waals surface area contributed by atoms with Gasteiger partial charge in [-0.25, -0.2) is 0 Å². The van der Waals surface area contributed by atoms with Gasteiger partial charge in [0.2, 0.25) is 11.8 Å². The number of carbonyl (C=O) groups is 2. The zero-order valence-electron chi connectivity index (χ0n) is 11.2. The van der Waals surface area contributed by atoms with Gasteiger partial charge in [-0.1, -0.05) is 0 Å². The third-order valence-electron chi connectivity index (χ3n) is 2.88. The fraction of sp³-hybridized carbons (Fsp3) is 0.429. The van der Waals surface area contributed by atoms with Crippen LogP contribution in [-0.4, -0.2) is 31.6 Å². The molecule has 2 rings (SSSR count). The zero-order valence-corrected chi connectivity index (χ0v) is 11.2. The summed E-state index contributed by atoms with van der Waals surface area (Å²) < 4.78 is 5.03. The zero-order chi connectivity index (χ0) is 14.4. The van der Waals surface area contributed by atoms with E-state index in [-0.39, 0.29) is 24.3 Å². The van der Waals surface area contributed by atoms with Crippen molar-refractivity contribution in [3.63, 3.8) is 0 Å². The van der Waals surface area contributed by atoms with E-state index in [1.54, 1.807) is 24.3 Å². The van der Waals surface area contributed by atoms with Crippen molar-refractivity contribution in [1.29, 1.82) is 0 Å². The molecule has 0 aromatic heterocycles. The van der Waals surface area contributed by atoms with Crippen LogP contribution in [0.25, 0.3) is 0 Å². The minimum absolute atomic E-state index is 0.0165. The number of carbonyl (C=O) groups excluding carboxylic acids is 2. The van der Waals surface area contributed by atoms with Crippen LogP contribution in [-0.2, 0) is 14.3 Å². The molecule has 0 saturated heterocycles. The highest BCUT2D eigenvalue weighted by Gasteiger charge is 2.29. The lowest BCUT2D eigenvalue weighted by Gasteiger charge is -2.08. The molecular weight excluding hydrogens is 258 g/mol. The number of nitrogens with two attached hydrogens (primary N) is 1. The number of ether oxygens (including phenoxy) is 1. The van der Waals surface area contributed by atoms with Crippen molar-refractivity contribution in [2.45, 2.75) is 12.8 Å². The van der Waals surface area contributed by atoms with Crippen molar-refractivity contribution in [2.75, 3.05) is 30.4 Å². The predicted molar refractivity (Wildman–Crippen MR) is 76.3 cm³/mol. The van der Waals surface area contributed by atoms with Crippen LogP contribution in [0.1, 0.15) is 12.8 Å². The topological polar surface area (TPSA) is 93.4 Å². The summed E-state index contributed by atoms with van der Waals surface area (Å²) >= 11 is 0. The van der Waals surface area contributed by atoms with Crippen LogP contribution >= 0.6 is 0 Å². The van der Waals surface area contributed by atoms with E-state index >= 15 is 0 Å². The summed E-state index contributed by atoms with van der Waals surface area (Å²) in [5, 5.41) is 5.54. The molecule has 1 fully saturated rings. The van der Waals surface area contributed by atoms with E-state index in [4.69, 9.17) is 10.5 Å². The molecule has 6 heteroatoms. The van der Waals surface area contributed by atoms with Gasteiger partial charge in [-0.15, -0.1) is 0 Å². The van der Waals surface area contributed by atoms with Crippen LogP contribution in [0.4, 0.5) is 11.4 Å². The maximum Gasteiger partial charge on any atom is 0.250 e. The van der Waals surface area contributed by atoms with E-state index in [0.29, 0.717) is 18.8 Å². The molecule has 0 aliphatic heterocycles. The van der Waals surface area contributed by atoms with Crippen LogP contribution in [0.3, 0.4) is 0 Å². The lowest BCUT2D eigenvalue weighted by Crippen LogP contribution is -2.20. The molecule has 0 unspecified atom stereocenters. The van der Waals surface area contributed by atoms with Gasteiger partial charge in [-0.2, -0.15) is 0 Å². The second-order valence-corrected chi connectivity index (χ2v) is 4.73. The maximum absolute atomic E-state index is 11.6. The first-order valence-corrected chi connectivity index (χ1v) is 6.67. The van der Waals surface area contributed by atoms with Crippen molar-refractivity contribution >= 4 is 23.2 Å². The molecule has 0 spiro atoms. The third-order valence-corrected chi connectivity index (χ3v) is 2.88. The van der Waals surface area contributed by atoms with E-state index in [1.807, 2.05) is 0 Å². The Morgan fingerprint density at radius 3 is 2.30 bits per heavy atom. The second-order valence-electron chi connectivity index (χ2n) is 4.73. The highest BCUT2D eigenvalue weighted by atomic mass is 16.5. The standard InChI is InChI=1S/C14H19N3O3/c15-7-8-20-9-13(18)16-11-3-5-12(6-4-11)17-14(19)10-1-2-10/h3-6,10H,1-2,7-9,15H2,(H,16,18)(H,17,19). The lowest BCUT2D eigenvalue weighted by atomic mass is 10.2. The molecule has 1 aliphatic rings. The first-order chi connectivity index (χ1) is 9.69. The van der Waals surface area contributed by atoms with Crippen molar-refractivity contribution in [1.82, 2.24) is 0 Å². The third kappa shape index (κ3) is 4.64. The minimum Gasteiger partial charge on any atom is -0.370 e. The lowest BCUT2D eigenvalue weighted by molar-refractivity contribution is -0.120. The molecule has 4 N–H and O–H groups in total. The molecule has 0 bridgehead atoms. The summed E-state index contributed by atoms with van der Waals surface area (Å²) in [4.78, 5) is 23.1. The molecule has 1 aromatic rings. The number of benzene rings is 1. The molecule has 2 amide bonds. The van der Waals surface area contributed by atoms with Crippen LogP contribution in [0, 0.1) is 5.92 Å². The molecule has 0 atom stereocenters. The number of amides is 2. The van der Waals surface area contributed by atoms with Gasteiger partial charge in [0, 0.05) is 23.8 Å². The van der Waals surface area contributed by atoms with Gasteiger partial charge in [0.15, 0.2) is 0 Å². The van der Waals surface area contributed by atoms with Gasteiger partial charge in [-0.3, -0.25) is 9.59 Å². The fourth-order valence-corrected chi connectivity index (χ4v) is 1.67. The summed E-state index contributed by atoms with van der Waals surface area (Å²) in [6, 6.07) is 7.00. The first-order valence-electron chi connectivity index (χ1n) is 6.67. The maximum atomic E-state index is 11.6. The summed E-state index contributed by atoms with van der Waals surface area (Å²) in [6.45, 7) is 0.736. The summed E-state index contributed by atoms with van der Waals surface area (Å²) in [6.07, 6.45) is 1.95. The SMILES string of the molecule is NCCOCC(=O)Nc1ccc(NC(=O)C2CC2)cc1. The van der Waals surface area contributed by atoms with Crippen LogP contribution in [0.5, 0.6) is 0 Å². The van der Waals surface area contributed by atoms with Crippen molar-refractivity contribution in [2.24, 2.45) is 11.7 Å². The van der Waals surface area contributed by atoms with Crippen LogP contribution < -0.4 is 16.4 Å². The van der Waals surface area contributed by atoms with E-state index < -0.39 is 0 Å². The minimum atomic E-state index is -0.229. The summed E-state index contributed by atoms with van der Waals surface area (Å²) in [5.74, 6) is 0.0132. The molecule has 1 aromatic carbocycles. The smallest absolute Gasteiger partial charge is 0.250 e. The normalized spacial score (nSPS) is 13.8. The van der Waals surface area contributed by atoms with E-state index in [1.165, 1.54) is 0 Å². The number of rotatable bonds is 7. The monoisotopic (exact) mass is 277 g/mol. The molecule has 1 saturated carbocycles. The highest BCUT2D eigenvalue weighted by Crippen LogP contribution is 2.30. The Labute approximate surface area is 117 Å². The van der Waals surface area contributed by atoms with Crippen molar-refractivity contribution in [3.8, 4) is 0 Å². The summed E-state index contributed by atoms with van der Waals surface area (Å²) in [7, 11) is 0. The molecule has 0 heterocycles. The average molecular weight is 277 g/mol. The number of anilines is 2. The summed E-state index contributed by atoms with van der Waals surface area (Å²) in [5.41, 5.74) is 6.66. The Morgan fingerprint density at radius 2 is 1.75 bits per heavy atom. The van der Waals surface area contributed by atoms with Gasteiger partial charge >= 0.3 is 0 Å². The Morgan fingerprint density at radius 1 is 1.15 bits per heavy atom. The van der Waals surface area contributed by atoms with Gasteiger partial charge in [0.1, 0.15) is 6.61 Å². The molecule has 108 valence electrons. The van der Waals surface area contributed by atoms with Crippen LogP contribution in [0.2, 0.25) is 0 Å². The van der Waals surface area contributed by atoms with Crippen LogP contribution in [0.15, 0.2) is 24.3 Å². The van der Waals surface area contributed by atoms with Gasteiger partial charge in [-0.05, 0) is 37.1 Å². The van der Waals surface area contributed by atoms with Gasteiger partial charge in [0.25, 0.3) is 0 Å². The highest BCUT2D eigenvalue weighted by molar-refractivity contribution is 5.95. The number of hydrogen-bond acceptors (Lipinski definition) is 4. The Hall–Kier alpha value is -1.92. The number of hydrogen-bond donors (Lipinski definition) is 3. The van der Waals surface area contributed by atoms with E-state index in [9.17, 15) is 9.59 Å². The van der Waals surface area contributed by atoms with E-state index in [0.717, 1.165) is 18.5 Å². The second kappa shape index (κ2) is 7.02. The predicted octanol–water partition coefficient (Wildman–Crippen LogP) is 0.949. The molecule has 6 nitrogen and oxygen atoms in total. The van der Waals surface area contributed by atoms with Crippen molar-refractivity contribution < 1.29 is 14.3 Å². The molecule has 0 radical (unpaired) electrons. The van der Waals surface area contributed by atoms with E-state index in [2.05, 4.69) is 10.6 Å². The van der Waals surface area contributed by atoms with Gasteiger partial charge < -0.3 is 21.1 Å².